The van der Waals surface area contributed by atoms with E-state index in [1.807, 2.05) is 46.9 Å². The van der Waals surface area contributed by atoms with Gasteiger partial charge in [-0.3, -0.25) is 0 Å². The Morgan fingerprint density at radius 3 is 2.00 bits per heavy atom. The summed E-state index contributed by atoms with van der Waals surface area (Å²) < 4.78 is 5.63. The fourth-order valence-corrected chi connectivity index (χ4v) is 2.50. The lowest BCUT2D eigenvalue weighted by molar-refractivity contribution is 0.348. The summed E-state index contributed by atoms with van der Waals surface area (Å²) in [5.41, 5.74) is 2.51. The molecule has 0 saturated carbocycles. The minimum absolute atomic E-state index is 0.0872. The molecule has 1 aliphatic rings. The highest BCUT2D eigenvalue weighted by atomic mass is 16.5. The van der Waals surface area contributed by atoms with Gasteiger partial charge in [-0.05, 0) is 17.5 Å². The van der Waals surface area contributed by atoms with Crippen molar-refractivity contribution in [1.29, 1.82) is 0 Å². The highest BCUT2D eigenvalue weighted by molar-refractivity contribution is 5.75. The molecule has 3 rings (SSSR count). The van der Waals surface area contributed by atoms with Crippen molar-refractivity contribution in [2.24, 2.45) is 4.99 Å². The van der Waals surface area contributed by atoms with Crippen LogP contribution in [0.5, 0.6) is 0 Å². The van der Waals surface area contributed by atoms with Crippen LogP contribution in [0.3, 0.4) is 0 Å². The summed E-state index contributed by atoms with van der Waals surface area (Å²) in [4.78, 5) is 6.91. The van der Waals surface area contributed by atoms with Gasteiger partial charge in [-0.15, -0.1) is 0 Å². The molecule has 0 spiro atoms. The van der Waals surface area contributed by atoms with Crippen molar-refractivity contribution < 1.29 is 4.74 Å². The van der Waals surface area contributed by atoms with Crippen LogP contribution in [0.4, 0.5) is 0 Å². The molecule has 1 fully saturated rings. The van der Waals surface area contributed by atoms with Gasteiger partial charge in [-0.25, -0.2) is 4.99 Å². The lowest BCUT2D eigenvalue weighted by Crippen LogP contribution is -2.21. The summed E-state index contributed by atoms with van der Waals surface area (Å²) in [5.74, 6) is 0. The first-order chi connectivity index (χ1) is 12.3. The van der Waals surface area contributed by atoms with E-state index in [0.717, 1.165) is 25.6 Å². The van der Waals surface area contributed by atoms with Gasteiger partial charge in [-0.1, -0.05) is 88.4 Å². The van der Waals surface area contributed by atoms with Crippen LogP contribution in [-0.2, 0) is 11.2 Å². The first-order valence-electron chi connectivity index (χ1n) is 9.33. The molecule has 0 aliphatic carbocycles. The van der Waals surface area contributed by atoms with Crippen molar-refractivity contribution in [3.63, 3.8) is 0 Å². The van der Waals surface area contributed by atoms with Crippen molar-refractivity contribution in [3.05, 3.63) is 71.8 Å². The Morgan fingerprint density at radius 1 is 0.920 bits per heavy atom. The number of amidine groups is 1. The SMILES string of the molecule is CC.CC.CN1CCOC1=NC(Cc1ccccc1)c1ccccc1. The Bertz CT molecular complexity index is 596. The van der Waals surface area contributed by atoms with Crippen LogP contribution in [0.15, 0.2) is 65.7 Å². The molecule has 0 bridgehead atoms. The summed E-state index contributed by atoms with van der Waals surface area (Å²) >= 11 is 0. The lowest BCUT2D eigenvalue weighted by Gasteiger charge is -2.16. The molecule has 1 saturated heterocycles. The second-order valence-electron chi connectivity index (χ2n) is 5.30. The van der Waals surface area contributed by atoms with Crippen LogP contribution in [0.25, 0.3) is 0 Å². The second-order valence-corrected chi connectivity index (χ2v) is 5.30. The zero-order valence-electron chi connectivity index (χ0n) is 16.3. The fourth-order valence-electron chi connectivity index (χ4n) is 2.50. The molecule has 3 heteroatoms. The number of aliphatic imine (C=N–C) groups is 1. The molecule has 136 valence electrons. The Kier molecular flexibility index (Phi) is 10.1. The van der Waals surface area contributed by atoms with E-state index >= 15 is 0 Å². The average Bonchev–Trinajstić information content (AvgIpc) is 3.11. The second kappa shape index (κ2) is 12.1. The van der Waals surface area contributed by atoms with E-state index in [1.54, 1.807) is 0 Å². The summed E-state index contributed by atoms with van der Waals surface area (Å²) in [6.45, 7) is 9.63. The Morgan fingerprint density at radius 2 is 1.48 bits per heavy atom. The molecule has 1 aliphatic heterocycles. The number of likely N-dealkylation sites (N-methyl/N-ethyl adjacent to an activating group) is 1. The number of benzene rings is 2. The third-order valence-electron chi connectivity index (χ3n) is 3.71. The number of ether oxygens (including phenoxy) is 1. The highest BCUT2D eigenvalue weighted by Crippen LogP contribution is 2.23. The minimum Gasteiger partial charge on any atom is -0.463 e. The van der Waals surface area contributed by atoms with Crippen molar-refractivity contribution in [2.45, 2.75) is 40.2 Å². The lowest BCUT2D eigenvalue weighted by atomic mass is 9.99. The maximum absolute atomic E-state index is 5.63. The molecule has 25 heavy (non-hydrogen) atoms. The van der Waals surface area contributed by atoms with E-state index in [0.29, 0.717) is 0 Å². The predicted molar refractivity (Wildman–Crippen MR) is 108 cm³/mol. The van der Waals surface area contributed by atoms with Gasteiger partial charge in [0.15, 0.2) is 0 Å². The molecule has 2 aromatic carbocycles. The van der Waals surface area contributed by atoms with Crippen LogP contribution >= 0.6 is 0 Å². The van der Waals surface area contributed by atoms with Gasteiger partial charge >= 0.3 is 0 Å². The van der Waals surface area contributed by atoms with E-state index in [2.05, 4.69) is 53.4 Å². The zero-order valence-corrected chi connectivity index (χ0v) is 16.3. The van der Waals surface area contributed by atoms with Crippen molar-refractivity contribution >= 4 is 6.02 Å². The van der Waals surface area contributed by atoms with Gasteiger partial charge in [0, 0.05) is 7.05 Å². The third-order valence-corrected chi connectivity index (χ3v) is 3.71. The predicted octanol–water partition coefficient (Wildman–Crippen LogP) is 5.34. The normalized spacial score (nSPS) is 15.4. The van der Waals surface area contributed by atoms with E-state index in [-0.39, 0.29) is 6.04 Å². The first kappa shape index (κ1) is 20.8. The highest BCUT2D eigenvalue weighted by Gasteiger charge is 2.19. The van der Waals surface area contributed by atoms with Crippen LogP contribution in [-0.4, -0.2) is 31.1 Å². The summed E-state index contributed by atoms with van der Waals surface area (Å²) in [6.07, 6.45) is 0.881. The van der Waals surface area contributed by atoms with Gasteiger partial charge in [-0.2, -0.15) is 0 Å². The molecule has 1 atom stereocenters. The first-order valence-corrected chi connectivity index (χ1v) is 9.33. The van der Waals surface area contributed by atoms with Crippen molar-refractivity contribution in [2.75, 3.05) is 20.2 Å². The van der Waals surface area contributed by atoms with E-state index in [1.165, 1.54) is 11.1 Å². The number of hydrogen-bond acceptors (Lipinski definition) is 2. The molecule has 1 unspecified atom stereocenters. The van der Waals surface area contributed by atoms with Gasteiger partial charge in [0.05, 0.1) is 12.6 Å². The van der Waals surface area contributed by atoms with Gasteiger partial charge in [0.25, 0.3) is 6.02 Å². The van der Waals surface area contributed by atoms with E-state index in [9.17, 15) is 0 Å². The number of nitrogens with zero attached hydrogens (tertiary/aromatic N) is 2. The molecular weight excluding hydrogens is 308 g/mol. The largest absolute Gasteiger partial charge is 0.463 e. The zero-order chi connectivity index (χ0) is 18.5. The fraction of sp³-hybridized carbons (Fsp3) is 0.409. The molecule has 3 nitrogen and oxygen atoms in total. The van der Waals surface area contributed by atoms with Crippen LogP contribution in [0.1, 0.15) is 44.9 Å². The summed E-state index contributed by atoms with van der Waals surface area (Å²) in [7, 11) is 2.02. The summed E-state index contributed by atoms with van der Waals surface area (Å²) in [5, 5.41) is 0. The van der Waals surface area contributed by atoms with Crippen LogP contribution in [0, 0.1) is 0 Å². The molecule has 0 N–H and O–H groups in total. The van der Waals surface area contributed by atoms with Crippen molar-refractivity contribution in [3.8, 4) is 0 Å². The average molecular weight is 341 g/mol. The molecule has 0 radical (unpaired) electrons. The van der Waals surface area contributed by atoms with Crippen LogP contribution < -0.4 is 0 Å². The number of rotatable bonds is 4. The van der Waals surface area contributed by atoms with Crippen molar-refractivity contribution in [1.82, 2.24) is 4.90 Å². The Hall–Kier alpha value is -2.29. The molecular formula is C22H32N2O. The van der Waals surface area contributed by atoms with Gasteiger partial charge in [0.2, 0.25) is 0 Å². The Balaban J connectivity index is 0.000000730. The third kappa shape index (κ3) is 6.61. The maximum atomic E-state index is 5.63. The summed E-state index contributed by atoms with van der Waals surface area (Å²) in [6, 6.07) is 21.7. The molecule has 0 aromatic heterocycles. The van der Waals surface area contributed by atoms with Gasteiger partial charge in [0.1, 0.15) is 6.61 Å². The molecule has 1 heterocycles. The minimum atomic E-state index is 0.0872. The monoisotopic (exact) mass is 340 g/mol. The number of hydrogen-bond donors (Lipinski definition) is 0. The Labute approximate surface area is 153 Å². The molecule has 0 amide bonds. The topological polar surface area (TPSA) is 24.8 Å². The van der Waals surface area contributed by atoms with Gasteiger partial charge < -0.3 is 9.64 Å². The van der Waals surface area contributed by atoms with E-state index in [4.69, 9.17) is 9.73 Å². The smallest absolute Gasteiger partial charge is 0.287 e. The maximum Gasteiger partial charge on any atom is 0.287 e. The standard InChI is InChI=1S/C18H20N2O.2C2H6/c1-20-12-13-21-18(20)19-17(16-10-6-3-7-11-16)14-15-8-4-2-5-9-15;2*1-2/h2-11,17H,12-14H2,1H3;2*1-2H3. The van der Waals surface area contributed by atoms with E-state index < -0.39 is 0 Å². The molecule has 2 aromatic rings. The quantitative estimate of drug-likeness (QED) is 0.750. The van der Waals surface area contributed by atoms with Crippen LogP contribution in [0.2, 0.25) is 0 Å².